The standard InChI is InChI=1S/C11H11F2NO3S/c12-11(13)8-14-18(16,17)10-5-1-3-9(7-10)4-2-6-15/h1,3,5,7,11,14-15H,6,8H2. The summed E-state index contributed by atoms with van der Waals surface area (Å²) in [5.41, 5.74) is 0.379. The summed E-state index contributed by atoms with van der Waals surface area (Å²) in [6.45, 7) is -1.28. The predicted molar refractivity (Wildman–Crippen MR) is 61.6 cm³/mol. The zero-order valence-electron chi connectivity index (χ0n) is 9.23. The van der Waals surface area contributed by atoms with Gasteiger partial charge in [-0.15, -0.1) is 0 Å². The lowest BCUT2D eigenvalue weighted by Gasteiger charge is -2.06. The third kappa shape index (κ3) is 4.41. The first-order valence-corrected chi connectivity index (χ1v) is 6.41. The second-order valence-electron chi connectivity index (χ2n) is 3.23. The third-order valence-corrected chi connectivity index (χ3v) is 3.31. The molecule has 0 spiro atoms. The number of sulfonamides is 1. The number of aliphatic hydroxyl groups is 1. The molecule has 0 unspecified atom stereocenters. The van der Waals surface area contributed by atoms with Crippen LogP contribution < -0.4 is 4.72 Å². The van der Waals surface area contributed by atoms with E-state index in [-0.39, 0.29) is 11.5 Å². The van der Waals surface area contributed by atoms with Crippen molar-refractivity contribution in [2.75, 3.05) is 13.2 Å². The zero-order valence-corrected chi connectivity index (χ0v) is 10.0. The molecule has 0 aliphatic carbocycles. The molecule has 0 fully saturated rings. The monoisotopic (exact) mass is 275 g/mol. The largest absolute Gasteiger partial charge is 0.384 e. The van der Waals surface area contributed by atoms with Crippen molar-refractivity contribution in [3.05, 3.63) is 29.8 Å². The number of hydrogen-bond donors (Lipinski definition) is 2. The van der Waals surface area contributed by atoms with Gasteiger partial charge < -0.3 is 5.11 Å². The summed E-state index contributed by atoms with van der Waals surface area (Å²) < 4.78 is 48.9. The Kier molecular flexibility index (Phi) is 5.22. The van der Waals surface area contributed by atoms with Gasteiger partial charge in [0.25, 0.3) is 6.43 Å². The fourth-order valence-electron chi connectivity index (χ4n) is 1.14. The Morgan fingerprint density at radius 3 is 2.72 bits per heavy atom. The number of halogens is 2. The van der Waals surface area contributed by atoms with Crippen LogP contribution in [0.5, 0.6) is 0 Å². The van der Waals surface area contributed by atoms with E-state index in [1.807, 2.05) is 0 Å². The molecule has 0 saturated heterocycles. The molecule has 1 aromatic carbocycles. The van der Waals surface area contributed by atoms with Crippen molar-refractivity contribution in [3.63, 3.8) is 0 Å². The SMILES string of the molecule is O=S(=O)(NCC(F)F)c1cccc(C#CCO)c1. The van der Waals surface area contributed by atoms with E-state index in [1.165, 1.54) is 18.2 Å². The lowest BCUT2D eigenvalue weighted by atomic mass is 10.2. The van der Waals surface area contributed by atoms with Crippen molar-refractivity contribution in [1.82, 2.24) is 4.72 Å². The van der Waals surface area contributed by atoms with Crippen LogP contribution in [0.25, 0.3) is 0 Å². The first-order chi connectivity index (χ1) is 8.45. The van der Waals surface area contributed by atoms with Crippen molar-refractivity contribution in [2.24, 2.45) is 0 Å². The molecule has 0 radical (unpaired) electrons. The van der Waals surface area contributed by atoms with Crippen molar-refractivity contribution in [1.29, 1.82) is 0 Å². The molecule has 1 aromatic rings. The summed E-state index contributed by atoms with van der Waals surface area (Å²) in [6, 6.07) is 5.52. The van der Waals surface area contributed by atoms with Gasteiger partial charge in [0.2, 0.25) is 10.0 Å². The highest BCUT2D eigenvalue weighted by molar-refractivity contribution is 7.89. The molecule has 98 valence electrons. The van der Waals surface area contributed by atoms with Crippen molar-refractivity contribution in [3.8, 4) is 11.8 Å². The van der Waals surface area contributed by atoms with Gasteiger partial charge in [-0.1, -0.05) is 17.9 Å². The third-order valence-electron chi connectivity index (χ3n) is 1.88. The van der Waals surface area contributed by atoms with Crippen LogP contribution in [0.4, 0.5) is 8.78 Å². The van der Waals surface area contributed by atoms with E-state index in [0.717, 1.165) is 0 Å². The van der Waals surface area contributed by atoms with Crippen LogP contribution in [0.3, 0.4) is 0 Å². The number of aliphatic hydroxyl groups excluding tert-OH is 1. The van der Waals surface area contributed by atoms with E-state index in [2.05, 4.69) is 11.8 Å². The second kappa shape index (κ2) is 6.44. The molecule has 1 rings (SSSR count). The van der Waals surface area contributed by atoms with Crippen LogP contribution in [0.1, 0.15) is 5.56 Å². The van der Waals surface area contributed by atoms with E-state index in [0.29, 0.717) is 5.56 Å². The minimum atomic E-state index is -3.96. The Labute approximate surface area is 104 Å². The van der Waals surface area contributed by atoms with Crippen LogP contribution in [-0.2, 0) is 10.0 Å². The molecular formula is C11H11F2NO3S. The number of benzene rings is 1. The number of rotatable bonds is 4. The van der Waals surface area contributed by atoms with E-state index in [4.69, 9.17) is 5.11 Å². The quantitative estimate of drug-likeness (QED) is 0.790. The maximum atomic E-state index is 11.9. The van der Waals surface area contributed by atoms with Crippen LogP contribution in [0, 0.1) is 11.8 Å². The molecule has 4 nitrogen and oxygen atoms in total. The summed E-state index contributed by atoms with van der Waals surface area (Å²) in [6.07, 6.45) is -2.75. The van der Waals surface area contributed by atoms with Gasteiger partial charge in [0.05, 0.1) is 11.4 Å². The summed E-state index contributed by atoms with van der Waals surface area (Å²) in [4.78, 5) is -0.145. The first kappa shape index (κ1) is 14.6. The predicted octanol–water partition coefficient (Wildman–Crippen LogP) is 0.574. The lowest BCUT2D eigenvalue weighted by molar-refractivity contribution is 0.153. The molecule has 0 amide bonds. The van der Waals surface area contributed by atoms with Gasteiger partial charge in [0, 0.05) is 5.56 Å². The maximum Gasteiger partial charge on any atom is 0.251 e. The van der Waals surface area contributed by atoms with E-state index >= 15 is 0 Å². The molecule has 7 heteroatoms. The molecule has 2 N–H and O–H groups in total. The van der Waals surface area contributed by atoms with Gasteiger partial charge in [-0.05, 0) is 18.2 Å². The normalized spacial score (nSPS) is 11.1. The van der Waals surface area contributed by atoms with Crippen LogP contribution >= 0.6 is 0 Å². The highest BCUT2D eigenvalue weighted by Gasteiger charge is 2.16. The van der Waals surface area contributed by atoms with E-state index in [9.17, 15) is 17.2 Å². The molecule has 0 saturated carbocycles. The summed E-state index contributed by atoms with van der Waals surface area (Å²) in [5.74, 6) is 4.90. The molecule has 0 bridgehead atoms. The van der Waals surface area contributed by atoms with E-state index < -0.39 is 23.0 Å². The Morgan fingerprint density at radius 1 is 1.39 bits per heavy atom. The van der Waals surface area contributed by atoms with Gasteiger partial charge >= 0.3 is 0 Å². The molecule has 0 aliphatic heterocycles. The second-order valence-corrected chi connectivity index (χ2v) is 5.00. The van der Waals surface area contributed by atoms with Crippen LogP contribution in [0.15, 0.2) is 29.2 Å². The van der Waals surface area contributed by atoms with Gasteiger partial charge in [-0.3, -0.25) is 0 Å². The Morgan fingerprint density at radius 2 is 2.11 bits per heavy atom. The van der Waals surface area contributed by atoms with Gasteiger partial charge in [-0.25, -0.2) is 21.9 Å². The Balaban J connectivity index is 2.95. The summed E-state index contributed by atoms with van der Waals surface area (Å²) >= 11 is 0. The molecule has 0 aliphatic rings. The minimum Gasteiger partial charge on any atom is -0.384 e. The maximum absolute atomic E-state index is 11.9. The molecular weight excluding hydrogens is 264 g/mol. The highest BCUT2D eigenvalue weighted by atomic mass is 32.2. The molecule has 18 heavy (non-hydrogen) atoms. The number of nitrogens with one attached hydrogen (secondary N) is 1. The van der Waals surface area contributed by atoms with Gasteiger partial charge in [-0.2, -0.15) is 0 Å². The first-order valence-electron chi connectivity index (χ1n) is 4.93. The highest BCUT2D eigenvalue weighted by Crippen LogP contribution is 2.11. The van der Waals surface area contributed by atoms with Gasteiger partial charge in [0.15, 0.2) is 0 Å². The minimum absolute atomic E-state index is 0.145. The van der Waals surface area contributed by atoms with Crippen LogP contribution in [-0.4, -0.2) is 33.1 Å². The zero-order chi connectivity index (χ0) is 13.6. The van der Waals surface area contributed by atoms with Crippen LogP contribution in [0.2, 0.25) is 0 Å². The number of hydrogen-bond acceptors (Lipinski definition) is 3. The smallest absolute Gasteiger partial charge is 0.251 e. The Bertz CT molecular complexity index is 561. The fraction of sp³-hybridized carbons (Fsp3) is 0.273. The number of alkyl halides is 2. The van der Waals surface area contributed by atoms with Gasteiger partial charge in [0.1, 0.15) is 6.61 Å². The summed E-state index contributed by atoms with van der Waals surface area (Å²) in [5, 5.41) is 8.51. The van der Waals surface area contributed by atoms with Crippen molar-refractivity contribution >= 4 is 10.0 Å². The van der Waals surface area contributed by atoms with Crippen molar-refractivity contribution in [2.45, 2.75) is 11.3 Å². The Hall–Kier alpha value is -1.49. The fourth-order valence-corrected chi connectivity index (χ4v) is 2.19. The average Bonchev–Trinajstić information content (AvgIpc) is 2.34. The van der Waals surface area contributed by atoms with E-state index in [1.54, 1.807) is 10.8 Å². The molecule has 0 aromatic heterocycles. The molecule has 0 heterocycles. The summed E-state index contributed by atoms with van der Waals surface area (Å²) in [7, 11) is -3.96. The van der Waals surface area contributed by atoms with Crippen molar-refractivity contribution < 1.29 is 22.3 Å². The topological polar surface area (TPSA) is 66.4 Å². The average molecular weight is 275 g/mol. The lowest BCUT2D eigenvalue weighted by Crippen LogP contribution is -2.28. The molecule has 0 atom stereocenters.